The molecule has 100 valence electrons. The number of halogens is 2. The number of rotatable bonds is 5. The molecule has 0 aliphatic carbocycles. The van der Waals surface area contributed by atoms with Crippen LogP contribution in [0.1, 0.15) is 11.1 Å². The van der Waals surface area contributed by atoms with Gasteiger partial charge in [-0.05, 0) is 36.9 Å². The monoisotopic (exact) mass is 323 g/mol. The Labute approximate surface area is 120 Å². The van der Waals surface area contributed by atoms with Crippen molar-refractivity contribution in [3.63, 3.8) is 0 Å². The maximum Gasteiger partial charge on any atom is 0.124 e. The summed E-state index contributed by atoms with van der Waals surface area (Å²) >= 11 is 3.33. The highest BCUT2D eigenvalue weighted by Gasteiger charge is 2.03. The molecule has 0 saturated carbocycles. The predicted molar refractivity (Wildman–Crippen MR) is 77.6 cm³/mol. The van der Waals surface area contributed by atoms with Crippen molar-refractivity contribution in [2.45, 2.75) is 13.2 Å². The van der Waals surface area contributed by atoms with Gasteiger partial charge in [-0.1, -0.05) is 34.1 Å². The Balaban J connectivity index is 2.03. The molecule has 0 radical (unpaired) electrons. The molecule has 1 N–H and O–H groups in total. The standard InChI is InChI=1S/C15H15BrFNO/c1-18-9-11-3-2-4-14(7-11)19-10-12-5-6-13(17)8-15(12)16/h2-8,18H,9-10H2,1H3. The summed E-state index contributed by atoms with van der Waals surface area (Å²) in [7, 11) is 1.91. The minimum Gasteiger partial charge on any atom is -0.489 e. The fourth-order valence-corrected chi connectivity index (χ4v) is 2.21. The van der Waals surface area contributed by atoms with Crippen LogP contribution in [0.25, 0.3) is 0 Å². The zero-order valence-corrected chi connectivity index (χ0v) is 12.2. The Morgan fingerprint density at radius 2 is 2.05 bits per heavy atom. The van der Waals surface area contributed by atoms with Gasteiger partial charge in [-0.2, -0.15) is 0 Å². The lowest BCUT2D eigenvalue weighted by Gasteiger charge is -2.09. The van der Waals surface area contributed by atoms with Crippen LogP contribution in [-0.2, 0) is 13.2 Å². The number of ether oxygens (including phenoxy) is 1. The summed E-state index contributed by atoms with van der Waals surface area (Å²) in [5.41, 5.74) is 2.08. The second-order valence-electron chi connectivity index (χ2n) is 4.20. The molecule has 0 atom stereocenters. The van der Waals surface area contributed by atoms with Crippen LogP contribution in [0.5, 0.6) is 5.75 Å². The van der Waals surface area contributed by atoms with Crippen LogP contribution in [-0.4, -0.2) is 7.05 Å². The molecule has 0 aliphatic heterocycles. The van der Waals surface area contributed by atoms with E-state index in [4.69, 9.17) is 4.74 Å². The van der Waals surface area contributed by atoms with Gasteiger partial charge in [0.05, 0.1) is 0 Å². The van der Waals surface area contributed by atoms with Crippen molar-refractivity contribution in [1.82, 2.24) is 5.32 Å². The fraction of sp³-hybridized carbons (Fsp3) is 0.200. The molecule has 2 aromatic carbocycles. The zero-order valence-electron chi connectivity index (χ0n) is 10.6. The van der Waals surface area contributed by atoms with Gasteiger partial charge in [0.2, 0.25) is 0 Å². The summed E-state index contributed by atoms with van der Waals surface area (Å²) < 4.78 is 19.4. The van der Waals surface area contributed by atoms with E-state index in [-0.39, 0.29) is 5.82 Å². The Morgan fingerprint density at radius 3 is 2.79 bits per heavy atom. The summed E-state index contributed by atoms with van der Waals surface area (Å²) in [6, 6.07) is 12.5. The molecule has 0 saturated heterocycles. The van der Waals surface area contributed by atoms with Gasteiger partial charge in [-0.3, -0.25) is 0 Å². The van der Waals surface area contributed by atoms with Gasteiger partial charge in [-0.15, -0.1) is 0 Å². The molecule has 0 unspecified atom stereocenters. The van der Waals surface area contributed by atoms with Crippen LogP contribution >= 0.6 is 15.9 Å². The predicted octanol–water partition coefficient (Wildman–Crippen LogP) is 3.89. The molecule has 2 rings (SSSR count). The van der Waals surface area contributed by atoms with E-state index in [1.54, 1.807) is 6.07 Å². The van der Waals surface area contributed by atoms with Crippen LogP contribution in [0, 0.1) is 5.82 Å². The normalized spacial score (nSPS) is 10.5. The van der Waals surface area contributed by atoms with E-state index in [2.05, 4.69) is 21.2 Å². The molecule has 19 heavy (non-hydrogen) atoms. The second-order valence-corrected chi connectivity index (χ2v) is 5.06. The molecule has 0 aliphatic rings. The van der Waals surface area contributed by atoms with E-state index in [1.807, 2.05) is 31.3 Å². The lowest BCUT2D eigenvalue weighted by Crippen LogP contribution is -2.05. The summed E-state index contributed by atoms with van der Waals surface area (Å²) in [4.78, 5) is 0. The number of benzene rings is 2. The zero-order chi connectivity index (χ0) is 13.7. The van der Waals surface area contributed by atoms with E-state index in [0.717, 1.165) is 27.9 Å². The third-order valence-corrected chi connectivity index (χ3v) is 3.43. The first-order valence-electron chi connectivity index (χ1n) is 5.99. The smallest absolute Gasteiger partial charge is 0.124 e. The van der Waals surface area contributed by atoms with E-state index in [9.17, 15) is 4.39 Å². The average molecular weight is 324 g/mol. The molecule has 0 aromatic heterocycles. The van der Waals surface area contributed by atoms with Gasteiger partial charge in [0, 0.05) is 16.6 Å². The van der Waals surface area contributed by atoms with Crippen molar-refractivity contribution in [3.8, 4) is 5.75 Å². The van der Waals surface area contributed by atoms with Crippen LogP contribution in [0.2, 0.25) is 0 Å². The Bertz CT molecular complexity index is 560. The van der Waals surface area contributed by atoms with E-state index in [1.165, 1.54) is 12.1 Å². The van der Waals surface area contributed by atoms with Gasteiger partial charge in [-0.25, -0.2) is 4.39 Å². The highest BCUT2D eigenvalue weighted by Crippen LogP contribution is 2.21. The lowest BCUT2D eigenvalue weighted by molar-refractivity contribution is 0.305. The molecular weight excluding hydrogens is 309 g/mol. The minimum atomic E-state index is -0.258. The Kier molecular flexibility index (Phi) is 4.93. The third kappa shape index (κ3) is 4.04. The topological polar surface area (TPSA) is 21.3 Å². The third-order valence-electron chi connectivity index (χ3n) is 2.69. The van der Waals surface area contributed by atoms with E-state index >= 15 is 0 Å². The molecule has 2 nitrogen and oxygen atoms in total. The fourth-order valence-electron chi connectivity index (χ4n) is 1.75. The molecule has 0 fully saturated rings. The van der Waals surface area contributed by atoms with Gasteiger partial charge in [0.15, 0.2) is 0 Å². The van der Waals surface area contributed by atoms with Gasteiger partial charge < -0.3 is 10.1 Å². The first-order valence-corrected chi connectivity index (χ1v) is 6.78. The highest BCUT2D eigenvalue weighted by molar-refractivity contribution is 9.10. The molecule has 4 heteroatoms. The van der Waals surface area contributed by atoms with Crippen molar-refractivity contribution < 1.29 is 9.13 Å². The molecule has 0 bridgehead atoms. The molecule has 2 aromatic rings. The van der Waals surface area contributed by atoms with E-state index < -0.39 is 0 Å². The van der Waals surface area contributed by atoms with Crippen molar-refractivity contribution in [2.75, 3.05) is 7.05 Å². The quantitative estimate of drug-likeness (QED) is 0.901. The largest absolute Gasteiger partial charge is 0.489 e. The summed E-state index contributed by atoms with van der Waals surface area (Å²) in [5.74, 6) is 0.551. The van der Waals surface area contributed by atoms with Crippen LogP contribution < -0.4 is 10.1 Å². The number of nitrogens with one attached hydrogen (secondary N) is 1. The maximum absolute atomic E-state index is 13.0. The first kappa shape index (κ1) is 14.0. The van der Waals surface area contributed by atoms with Crippen molar-refractivity contribution in [3.05, 3.63) is 63.9 Å². The number of hydrogen-bond acceptors (Lipinski definition) is 2. The SMILES string of the molecule is CNCc1cccc(OCc2ccc(F)cc2Br)c1. The molecule has 0 heterocycles. The van der Waals surface area contributed by atoms with Crippen LogP contribution in [0.4, 0.5) is 4.39 Å². The van der Waals surface area contributed by atoms with Gasteiger partial charge >= 0.3 is 0 Å². The summed E-state index contributed by atoms with van der Waals surface area (Å²) in [6.07, 6.45) is 0. The van der Waals surface area contributed by atoms with Crippen LogP contribution in [0.3, 0.4) is 0 Å². The van der Waals surface area contributed by atoms with Crippen molar-refractivity contribution in [1.29, 1.82) is 0 Å². The van der Waals surface area contributed by atoms with Crippen molar-refractivity contribution >= 4 is 15.9 Å². The molecule has 0 spiro atoms. The van der Waals surface area contributed by atoms with Crippen LogP contribution in [0.15, 0.2) is 46.9 Å². The average Bonchev–Trinajstić information content (AvgIpc) is 2.38. The highest BCUT2D eigenvalue weighted by atomic mass is 79.9. The Hall–Kier alpha value is -1.39. The maximum atomic E-state index is 13.0. The van der Waals surface area contributed by atoms with Gasteiger partial charge in [0.1, 0.15) is 18.2 Å². The summed E-state index contributed by atoms with van der Waals surface area (Å²) in [6.45, 7) is 1.21. The van der Waals surface area contributed by atoms with Crippen molar-refractivity contribution in [2.24, 2.45) is 0 Å². The number of hydrogen-bond donors (Lipinski definition) is 1. The summed E-state index contributed by atoms with van der Waals surface area (Å²) in [5, 5.41) is 3.10. The minimum absolute atomic E-state index is 0.258. The Morgan fingerprint density at radius 1 is 1.21 bits per heavy atom. The second kappa shape index (κ2) is 6.68. The first-order chi connectivity index (χ1) is 9.19. The molecule has 0 amide bonds. The lowest BCUT2D eigenvalue weighted by atomic mass is 10.2. The van der Waals surface area contributed by atoms with E-state index in [0.29, 0.717) is 6.61 Å². The molecular formula is C15H15BrFNO. The van der Waals surface area contributed by atoms with Gasteiger partial charge in [0.25, 0.3) is 0 Å².